The highest BCUT2D eigenvalue weighted by molar-refractivity contribution is 7.52. The Kier molecular flexibility index (Phi) is 5.12. The highest BCUT2D eigenvalue weighted by atomic mass is 31.1. The van der Waals surface area contributed by atoms with Crippen LogP contribution in [0.4, 0.5) is 0 Å². The smallest absolute Gasteiger partial charge is 0.0565 e. The van der Waals surface area contributed by atoms with Crippen molar-refractivity contribution in [1.82, 2.24) is 0 Å². The van der Waals surface area contributed by atoms with E-state index in [2.05, 4.69) is 20.4 Å². The van der Waals surface area contributed by atoms with Gasteiger partial charge in [0.2, 0.25) is 0 Å². The molecule has 14 heavy (non-hydrogen) atoms. The number of hydrogen-bond acceptors (Lipinski definition) is 1. The lowest BCUT2D eigenvalue weighted by Crippen LogP contribution is -2.30. The van der Waals surface area contributed by atoms with E-state index in [1.54, 1.807) is 0 Å². The largest absolute Gasteiger partial charge is 0.359 e. The van der Waals surface area contributed by atoms with E-state index < -0.39 is 0 Å². The van der Waals surface area contributed by atoms with Crippen molar-refractivity contribution in [2.24, 2.45) is 5.41 Å². The molecule has 0 aromatic carbocycles. The predicted octanol–water partition coefficient (Wildman–Crippen LogP) is 4.19. The van der Waals surface area contributed by atoms with E-state index in [-0.39, 0.29) is 8.15 Å². The highest BCUT2D eigenvalue weighted by Crippen LogP contribution is 2.49. The first-order chi connectivity index (χ1) is 6.76. The van der Waals surface area contributed by atoms with Crippen LogP contribution in [0, 0.1) is 5.41 Å². The number of allylic oxidation sites excluding steroid dienone is 1. The molecule has 1 heterocycles. The molecule has 0 N–H and O–H groups in total. The predicted molar refractivity (Wildman–Crippen MR) is 65.1 cm³/mol. The summed E-state index contributed by atoms with van der Waals surface area (Å²) >= 11 is 0. The summed E-state index contributed by atoms with van der Waals surface area (Å²) in [5.74, 6) is 0. The minimum atomic E-state index is -0.119. The summed E-state index contributed by atoms with van der Waals surface area (Å²) in [5.41, 5.74) is 0.507. The molecule has 1 fully saturated rings. The second kappa shape index (κ2) is 5.88. The zero-order chi connectivity index (χ0) is 10.4. The minimum absolute atomic E-state index is 0.119. The maximum absolute atomic E-state index is 5.99. The molecule has 0 aromatic heterocycles. The summed E-state index contributed by atoms with van der Waals surface area (Å²) in [7, 11) is -0.119. The lowest BCUT2D eigenvalue weighted by molar-refractivity contribution is 0.121. The summed E-state index contributed by atoms with van der Waals surface area (Å²) in [6.45, 7) is 9.36. The average molecular weight is 214 g/mol. The summed E-state index contributed by atoms with van der Waals surface area (Å²) < 4.78 is 5.99. The van der Waals surface area contributed by atoms with E-state index in [4.69, 9.17) is 4.52 Å². The van der Waals surface area contributed by atoms with Crippen LogP contribution < -0.4 is 0 Å². The van der Waals surface area contributed by atoms with Gasteiger partial charge in [-0.15, -0.1) is 6.58 Å². The molecule has 2 heteroatoms. The molecule has 0 radical (unpaired) electrons. The van der Waals surface area contributed by atoms with Gasteiger partial charge in [-0.25, -0.2) is 0 Å². The van der Waals surface area contributed by atoms with Crippen molar-refractivity contribution in [3.05, 3.63) is 12.7 Å². The Labute approximate surface area is 89.8 Å². The lowest BCUT2D eigenvalue weighted by atomic mass is 9.81. The molecule has 0 aromatic rings. The molecule has 0 aliphatic carbocycles. The van der Waals surface area contributed by atoms with Crippen molar-refractivity contribution in [3.63, 3.8) is 0 Å². The third-order valence-corrected chi connectivity index (χ3v) is 5.50. The topological polar surface area (TPSA) is 9.23 Å². The zero-order valence-electron chi connectivity index (χ0n) is 9.59. The van der Waals surface area contributed by atoms with Crippen molar-refractivity contribution in [2.45, 2.75) is 39.5 Å². The fourth-order valence-electron chi connectivity index (χ4n) is 1.95. The van der Waals surface area contributed by atoms with Crippen molar-refractivity contribution >= 4 is 8.15 Å². The molecule has 1 rings (SSSR count). The summed E-state index contributed by atoms with van der Waals surface area (Å²) in [5, 5.41) is 0. The minimum Gasteiger partial charge on any atom is -0.359 e. The average Bonchev–Trinajstić information content (AvgIpc) is 2.27. The van der Waals surface area contributed by atoms with Crippen LogP contribution in [0.1, 0.15) is 39.5 Å². The van der Waals surface area contributed by atoms with Crippen LogP contribution >= 0.6 is 8.15 Å². The summed E-state index contributed by atoms with van der Waals surface area (Å²) in [6, 6.07) is 0. The van der Waals surface area contributed by atoms with Crippen molar-refractivity contribution in [3.8, 4) is 0 Å². The normalized spacial score (nSPS) is 26.0. The van der Waals surface area contributed by atoms with Crippen LogP contribution in [-0.4, -0.2) is 18.9 Å². The molecule has 1 atom stereocenters. The second-order valence-electron chi connectivity index (χ2n) is 4.24. The second-order valence-corrected chi connectivity index (χ2v) is 6.35. The van der Waals surface area contributed by atoms with E-state index in [0.717, 1.165) is 13.0 Å². The van der Waals surface area contributed by atoms with E-state index in [9.17, 15) is 0 Å². The first-order valence-electron chi connectivity index (χ1n) is 5.75. The highest BCUT2D eigenvalue weighted by Gasteiger charge is 2.32. The van der Waals surface area contributed by atoms with Gasteiger partial charge >= 0.3 is 0 Å². The van der Waals surface area contributed by atoms with Gasteiger partial charge in [0.1, 0.15) is 0 Å². The zero-order valence-corrected chi connectivity index (χ0v) is 10.5. The third-order valence-electron chi connectivity index (χ3n) is 3.53. The van der Waals surface area contributed by atoms with Crippen molar-refractivity contribution in [1.29, 1.82) is 0 Å². The van der Waals surface area contributed by atoms with Crippen LogP contribution in [-0.2, 0) is 4.52 Å². The molecule has 82 valence electrons. The Balaban J connectivity index is 2.32. The number of hydrogen-bond donors (Lipinski definition) is 0. The SMILES string of the molecule is C=CCCP1CCC(CC)(CC)CO1. The molecule has 1 nitrogen and oxygen atoms in total. The standard InChI is InChI=1S/C12H23OP/c1-4-7-9-14-10-8-12(5-2,6-3)11-13-14/h4H,1,5-11H2,2-3H3. The lowest BCUT2D eigenvalue weighted by Gasteiger charge is -2.38. The molecule has 1 saturated heterocycles. The molecule has 0 spiro atoms. The molecule has 1 unspecified atom stereocenters. The Bertz CT molecular complexity index is 165. The summed E-state index contributed by atoms with van der Waals surface area (Å²) in [4.78, 5) is 0. The van der Waals surface area contributed by atoms with Gasteiger partial charge in [-0.1, -0.05) is 19.9 Å². The maximum atomic E-state index is 5.99. The van der Waals surface area contributed by atoms with Crippen LogP contribution in [0.25, 0.3) is 0 Å². The van der Waals surface area contributed by atoms with Gasteiger partial charge < -0.3 is 4.52 Å². The third kappa shape index (κ3) is 3.07. The Hall–Kier alpha value is 0.130. The fourth-order valence-corrected chi connectivity index (χ4v) is 4.08. The fraction of sp³-hybridized carbons (Fsp3) is 0.833. The van der Waals surface area contributed by atoms with Gasteiger partial charge in [0.25, 0.3) is 0 Å². The Morgan fingerprint density at radius 2 is 2.14 bits per heavy atom. The monoisotopic (exact) mass is 214 g/mol. The van der Waals surface area contributed by atoms with Gasteiger partial charge in [-0.2, -0.15) is 0 Å². The van der Waals surface area contributed by atoms with Crippen molar-refractivity contribution < 1.29 is 4.52 Å². The Morgan fingerprint density at radius 3 is 2.57 bits per heavy atom. The van der Waals surface area contributed by atoms with Crippen LogP contribution in [0.2, 0.25) is 0 Å². The van der Waals surface area contributed by atoms with Gasteiger partial charge in [-0.3, -0.25) is 0 Å². The quantitative estimate of drug-likeness (QED) is 0.492. The van der Waals surface area contributed by atoms with Gasteiger partial charge in [0, 0.05) is 8.15 Å². The van der Waals surface area contributed by atoms with Gasteiger partial charge in [0.15, 0.2) is 0 Å². The van der Waals surface area contributed by atoms with E-state index in [1.807, 2.05) is 6.08 Å². The molecular weight excluding hydrogens is 191 g/mol. The molecular formula is C12H23OP. The Morgan fingerprint density at radius 1 is 1.43 bits per heavy atom. The molecule has 1 aliphatic rings. The first-order valence-corrected chi connectivity index (χ1v) is 7.38. The number of rotatable bonds is 5. The maximum Gasteiger partial charge on any atom is 0.0565 e. The van der Waals surface area contributed by atoms with Crippen LogP contribution in [0.3, 0.4) is 0 Å². The molecule has 0 bridgehead atoms. The van der Waals surface area contributed by atoms with E-state index >= 15 is 0 Å². The van der Waals surface area contributed by atoms with Crippen LogP contribution in [0.15, 0.2) is 12.7 Å². The molecule has 0 saturated carbocycles. The van der Waals surface area contributed by atoms with Gasteiger partial charge in [0.05, 0.1) is 6.61 Å². The molecule has 0 amide bonds. The first kappa shape index (κ1) is 12.2. The van der Waals surface area contributed by atoms with Crippen LogP contribution in [0.5, 0.6) is 0 Å². The van der Waals surface area contributed by atoms with Crippen molar-refractivity contribution in [2.75, 3.05) is 18.9 Å². The van der Waals surface area contributed by atoms with E-state index in [0.29, 0.717) is 5.41 Å². The van der Waals surface area contributed by atoms with E-state index in [1.165, 1.54) is 31.6 Å². The molecule has 1 aliphatic heterocycles. The van der Waals surface area contributed by atoms with Gasteiger partial charge in [-0.05, 0) is 43.4 Å². The summed E-state index contributed by atoms with van der Waals surface area (Å²) in [6.07, 6.45) is 9.59.